The molecule has 144 valence electrons. The van der Waals surface area contributed by atoms with Gasteiger partial charge in [0.05, 0.1) is 12.6 Å². The van der Waals surface area contributed by atoms with Crippen molar-refractivity contribution in [1.82, 2.24) is 20.2 Å². The van der Waals surface area contributed by atoms with Crippen LogP contribution in [0.15, 0.2) is 66.3 Å². The number of carbonyl (C=O) groups is 1. The second kappa shape index (κ2) is 8.95. The highest BCUT2D eigenvalue weighted by molar-refractivity contribution is 7.10. The largest absolute Gasteiger partial charge is 0.338 e. The summed E-state index contributed by atoms with van der Waals surface area (Å²) in [5.41, 5.74) is 1.17. The Morgan fingerprint density at radius 1 is 1.00 bits per heavy atom. The van der Waals surface area contributed by atoms with Crippen LogP contribution in [-0.4, -0.2) is 53.5 Å². The van der Waals surface area contributed by atoms with Crippen molar-refractivity contribution >= 4 is 23.2 Å². The first-order valence-electron chi connectivity index (χ1n) is 9.43. The molecule has 0 radical (unpaired) electrons. The van der Waals surface area contributed by atoms with E-state index in [0.29, 0.717) is 19.6 Å². The molecule has 3 heterocycles. The molecule has 1 unspecified atom stereocenters. The molecule has 3 aromatic rings. The van der Waals surface area contributed by atoms with Crippen molar-refractivity contribution in [2.75, 3.05) is 37.6 Å². The summed E-state index contributed by atoms with van der Waals surface area (Å²) in [6.45, 7) is 3.20. The molecule has 0 spiro atoms. The molecule has 1 fully saturated rings. The van der Waals surface area contributed by atoms with E-state index >= 15 is 0 Å². The zero-order valence-corrected chi connectivity index (χ0v) is 16.4. The highest BCUT2D eigenvalue weighted by Gasteiger charge is 2.23. The van der Waals surface area contributed by atoms with Crippen LogP contribution >= 0.6 is 11.3 Å². The van der Waals surface area contributed by atoms with E-state index < -0.39 is 0 Å². The van der Waals surface area contributed by atoms with Crippen molar-refractivity contribution in [3.8, 4) is 0 Å². The van der Waals surface area contributed by atoms with Crippen LogP contribution in [0.1, 0.15) is 16.5 Å². The third-order valence-electron chi connectivity index (χ3n) is 4.89. The van der Waals surface area contributed by atoms with E-state index in [1.807, 2.05) is 35.2 Å². The number of benzene rings is 1. The monoisotopic (exact) mass is 393 g/mol. The van der Waals surface area contributed by atoms with Crippen LogP contribution in [0.2, 0.25) is 0 Å². The lowest BCUT2D eigenvalue weighted by molar-refractivity contribution is -0.130. The molecule has 0 saturated carbocycles. The van der Waals surface area contributed by atoms with Crippen LogP contribution in [0.4, 0.5) is 5.95 Å². The predicted molar refractivity (Wildman–Crippen MR) is 111 cm³/mol. The number of nitrogens with one attached hydrogen (secondary N) is 1. The minimum absolute atomic E-state index is 0.0316. The van der Waals surface area contributed by atoms with Gasteiger partial charge in [-0.3, -0.25) is 10.1 Å². The van der Waals surface area contributed by atoms with Gasteiger partial charge in [0.2, 0.25) is 11.9 Å². The number of carbonyl (C=O) groups excluding carboxylic acids is 1. The van der Waals surface area contributed by atoms with Gasteiger partial charge in [-0.25, -0.2) is 9.97 Å². The Bertz CT molecular complexity index is 864. The molecular weight excluding hydrogens is 370 g/mol. The van der Waals surface area contributed by atoms with Gasteiger partial charge in [-0.05, 0) is 23.1 Å². The molecule has 0 bridgehead atoms. The van der Waals surface area contributed by atoms with E-state index in [-0.39, 0.29) is 11.9 Å². The Morgan fingerprint density at radius 2 is 1.75 bits per heavy atom. The van der Waals surface area contributed by atoms with Crippen molar-refractivity contribution in [1.29, 1.82) is 0 Å². The van der Waals surface area contributed by atoms with Crippen LogP contribution < -0.4 is 10.2 Å². The quantitative estimate of drug-likeness (QED) is 0.697. The first-order valence-corrected chi connectivity index (χ1v) is 10.3. The number of rotatable bonds is 6. The number of hydrogen-bond donors (Lipinski definition) is 1. The third kappa shape index (κ3) is 4.37. The van der Waals surface area contributed by atoms with Gasteiger partial charge < -0.3 is 9.80 Å². The molecule has 6 nitrogen and oxygen atoms in total. The molecule has 1 saturated heterocycles. The number of hydrogen-bond acceptors (Lipinski definition) is 6. The van der Waals surface area contributed by atoms with Crippen LogP contribution in [-0.2, 0) is 4.79 Å². The fraction of sp³-hybridized carbons (Fsp3) is 0.286. The molecule has 2 aromatic heterocycles. The summed E-state index contributed by atoms with van der Waals surface area (Å²) in [5, 5.41) is 5.53. The van der Waals surface area contributed by atoms with E-state index in [0.717, 1.165) is 19.0 Å². The van der Waals surface area contributed by atoms with Crippen molar-refractivity contribution in [3.05, 3.63) is 76.7 Å². The maximum absolute atomic E-state index is 12.8. The summed E-state index contributed by atoms with van der Waals surface area (Å²) in [6.07, 6.45) is 3.50. The van der Waals surface area contributed by atoms with Gasteiger partial charge in [0.15, 0.2) is 0 Å². The number of nitrogens with zero attached hydrogens (tertiary/aromatic N) is 4. The lowest BCUT2D eigenvalue weighted by Crippen LogP contribution is -2.51. The van der Waals surface area contributed by atoms with Gasteiger partial charge in [-0.2, -0.15) is 0 Å². The zero-order valence-electron chi connectivity index (χ0n) is 15.6. The molecular formula is C21H23N5OS. The first-order chi connectivity index (χ1) is 13.8. The van der Waals surface area contributed by atoms with Crippen molar-refractivity contribution in [3.63, 3.8) is 0 Å². The molecule has 1 aromatic carbocycles. The van der Waals surface area contributed by atoms with E-state index in [1.165, 1.54) is 10.4 Å². The molecule has 1 atom stereocenters. The molecule has 1 amide bonds. The second-order valence-corrected chi connectivity index (χ2v) is 7.64. The fourth-order valence-corrected chi connectivity index (χ4v) is 4.22. The summed E-state index contributed by atoms with van der Waals surface area (Å²) in [5.74, 6) is 0.862. The highest BCUT2D eigenvalue weighted by atomic mass is 32.1. The van der Waals surface area contributed by atoms with Crippen LogP contribution in [0.3, 0.4) is 0 Å². The Hall–Kier alpha value is -2.77. The summed E-state index contributed by atoms with van der Waals surface area (Å²) < 4.78 is 0. The molecule has 7 heteroatoms. The number of aromatic nitrogens is 2. The average molecular weight is 394 g/mol. The van der Waals surface area contributed by atoms with Gasteiger partial charge in [0.25, 0.3) is 0 Å². The number of amides is 1. The Labute approximate surface area is 168 Å². The van der Waals surface area contributed by atoms with E-state index in [2.05, 4.69) is 43.8 Å². The minimum Gasteiger partial charge on any atom is -0.338 e. The number of thiophene rings is 1. The van der Waals surface area contributed by atoms with Crippen LogP contribution in [0.5, 0.6) is 0 Å². The molecule has 1 N–H and O–H groups in total. The standard InChI is InChI=1S/C21H23N5OS/c27-19(25-11-13-26(14-12-25)21-22-9-5-10-23-21)16-24-20(18-8-4-15-28-18)17-6-2-1-3-7-17/h1-10,15,20,24H,11-14,16H2. The fourth-order valence-electron chi connectivity index (χ4n) is 3.40. The van der Waals surface area contributed by atoms with Gasteiger partial charge >= 0.3 is 0 Å². The predicted octanol–water partition coefficient (Wildman–Crippen LogP) is 2.57. The summed E-state index contributed by atoms with van der Waals surface area (Å²) in [4.78, 5) is 26.6. The van der Waals surface area contributed by atoms with E-state index in [1.54, 1.807) is 23.7 Å². The van der Waals surface area contributed by atoms with Crippen LogP contribution in [0.25, 0.3) is 0 Å². The highest BCUT2D eigenvalue weighted by Crippen LogP contribution is 2.25. The Balaban J connectivity index is 1.34. The van der Waals surface area contributed by atoms with Crippen LogP contribution in [0, 0.1) is 0 Å². The lowest BCUT2D eigenvalue weighted by atomic mass is 10.1. The minimum atomic E-state index is 0.0316. The second-order valence-electron chi connectivity index (χ2n) is 6.66. The topological polar surface area (TPSA) is 61.4 Å². The molecule has 4 rings (SSSR count). The number of anilines is 1. The van der Waals surface area contributed by atoms with Gasteiger partial charge in [0.1, 0.15) is 0 Å². The SMILES string of the molecule is O=C(CNC(c1ccccc1)c1cccs1)N1CCN(c2ncccn2)CC1. The first kappa shape index (κ1) is 18.6. The summed E-state index contributed by atoms with van der Waals surface area (Å²) >= 11 is 1.70. The maximum atomic E-state index is 12.8. The van der Waals surface area contributed by atoms with Crippen molar-refractivity contribution < 1.29 is 4.79 Å². The maximum Gasteiger partial charge on any atom is 0.236 e. The smallest absolute Gasteiger partial charge is 0.236 e. The van der Waals surface area contributed by atoms with Crippen molar-refractivity contribution in [2.45, 2.75) is 6.04 Å². The Morgan fingerprint density at radius 3 is 2.43 bits per heavy atom. The number of piperazine rings is 1. The van der Waals surface area contributed by atoms with Gasteiger partial charge in [-0.1, -0.05) is 36.4 Å². The third-order valence-corrected chi connectivity index (χ3v) is 5.82. The van der Waals surface area contributed by atoms with Crippen molar-refractivity contribution in [2.24, 2.45) is 0 Å². The molecule has 0 aliphatic carbocycles. The average Bonchev–Trinajstić information content (AvgIpc) is 3.30. The zero-order chi connectivity index (χ0) is 19.2. The normalized spacial score (nSPS) is 15.4. The van der Waals surface area contributed by atoms with Gasteiger partial charge in [0, 0.05) is 43.4 Å². The molecule has 1 aliphatic heterocycles. The molecule has 28 heavy (non-hydrogen) atoms. The summed E-state index contributed by atoms with van der Waals surface area (Å²) in [6, 6.07) is 16.3. The Kier molecular flexibility index (Phi) is 5.94. The molecule has 1 aliphatic rings. The summed E-state index contributed by atoms with van der Waals surface area (Å²) in [7, 11) is 0. The lowest BCUT2D eigenvalue weighted by Gasteiger charge is -2.35. The van der Waals surface area contributed by atoms with E-state index in [4.69, 9.17) is 0 Å². The van der Waals surface area contributed by atoms with Gasteiger partial charge in [-0.15, -0.1) is 11.3 Å². The van der Waals surface area contributed by atoms with E-state index in [9.17, 15) is 4.79 Å².